The van der Waals surface area contributed by atoms with Gasteiger partial charge in [0, 0.05) is 18.3 Å². The second kappa shape index (κ2) is 4.39. The molecule has 0 amide bonds. The van der Waals surface area contributed by atoms with Crippen molar-refractivity contribution in [1.82, 2.24) is 0 Å². The van der Waals surface area contributed by atoms with Crippen LogP contribution in [0.1, 0.15) is 58.3 Å². The Morgan fingerprint density at radius 2 is 1.86 bits per heavy atom. The van der Waals surface area contributed by atoms with Gasteiger partial charge in [0.25, 0.3) is 5.92 Å². The van der Waals surface area contributed by atoms with Gasteiger partial charge in [-0.3, -0.25) is 4.79 Å². The highest BCUT2D eigenvalue weighted by molar-refractivity contribution is 5.91. The van der Waals surface area contributed by atoms with Crippen LogP contribution in [0.3, 0.4) is 0 Å². The molecule has 0 aromatic carbocycles. The summed E-state index contributed by atoms with van der Waals surface area (Å²) in [6.45, 7) is 1.84. The smallest absolute Gasteiger partial charge is 0.253 e. The second-order valence-corrected chi connectivity index (χ2v) is 8.00. The number of carbonyl (C=O) groups is 1. The molecular formula is C18H24F2O. The van der Waals surface area contributed by atoms with E-state index in [2.05, 4.69) is 0 Å². The molecule has 0 aromatic rings. The van der Waals surface area contributed by atoms with Crippen LogP contribution in [0.2, 0.25) is 0 Å². The summed E-state index contributed by atoms with van der Waals surface area (Å²) in [5.74, 6) is -0.461. The Kier molecular flexibility index (Phi) is 2.91. The summed E-state index contributed by atoms with van der Waals surface area (Å²) < 4.78 is 28.7. The third-order valence-corrected chi connectivity index (χ3v) is 7.29. The fourth-order valence-electron chi connectivity index (χ4n) is 6.11. The number of halogens is 2. The number of carbonyl (C=O) groups excluding carboxylic acids is 1. The molecule has 4 aliphatic carbocycles. The molecule has 4 rings (SSSR count). The maximum atomic E-state index is 14.4. The van der Waals surface area contributed by atoms with Gasteiger partial charge in [-0.25, -0.2) is 8.78 Å². The summed E-state index contributed by atoms with van der Waals surface area (Å²) >= 11 is 0. The maximum absolute atomic E-state index is 14.4. The van der Waals surface area contributed by atoms with Gasteiger partial charge < -0.3 is 0 Å². The lowest BCUT2D eigenvalue weighted by molar-refractivity contribution is -0.144. The lowest BCUT2D eigenvalue weighted by atomic mass is 9.52. The minimum Gasteiger partial charge on any atom is -0.295 e. The average molecular weight is 294 g/mol. The lowest BCUT2D eigenvalue weighted by Crippen LogP contribution is -2.49. The number of allylic oxidation sites excluding steroid dienone is 1. The van der Waals surface area contributed by atoms with E-state index in [0.29, 0.717) is 37.0 Å². The molecule has 0 N–H and O–H groups in total. The molecule has 0 bridgehead atoms. The molecule has 1 nitrogen and oxygen atoms in total. The number of alkyl halides is 2. The van der Waals surface area contributed by atoms with Crippen molar-refractivity contribution in [2.75, 3.05) is 0 Å². The van der Waals surface area contributed by atoms with Crippen LogP contribution in [0.15, 0.2) is 11.6 Å². The highest BCUT2D eigenvalue weighted by Crippen LogP contribution is 2.66. The number of ketones is 1. The van der Waals surface area contributed by atoms with Gasteiger partial charge in [0.2, 0.25) is 0 Å². The summed E-state index contributed by atoms with van der Waals surface area (Å²) in [5.41, 5.74) is 0.570. The van der Waals surface area contributed by atoms with Gasteiger partial charge in [0.05, 0.1) is 0 Å². The summed E-state index contributed by atoms with van der Waals surface area (Å²) in [5, 5.41) is 0. The highest BCUT2D eigenvalue weighted by atomic mass is 19.3. The maximum Gasteiger partial charge on any atom is 0.253 e. The Balaban J connectivity index is 1.64. The van der Waals surface area contributed by atoms with Crippen LogP contribution in [-0.4, -0.2) is 11.7 Å². The van der Waals surface area contributed by atoms with Crippen LogP contribution in [0.25, 0.3) is 0 Å². The summed E-state index contributed by atoms with van der Waals surface area (Å²) in [6.07, 6.45) is 7.89. The Morgan fingerprint density at radius 3 is 2.67 bits per heavy atom. The molecule has 3 heteroatoms. The van der Waals surface area contributed by atoms with Gasteiger partial charge in [0.15, 0.2) is 5.78 Å². The molecule has 21 heavy (non-hydrogen) atoms. The molecule has 3 saturated carbocycles. The van der Waals surface area contributed by atoms with E-state index in [-0.39, 0.29) is 18.1 Å². The zero-order chi connectivity index (χ0) is 14.8. The van der Waals surface area contributed by atoms with Crippen LogP contribution >= 0.6 is 0 Å². The van der Waals surface area contributed by atoms with Gasteiger partial charge in [0.1, 0.15) is 0 Å². The van der Waals surface area contributed by atoms with Gasteiger partial charge in [-0.1, -0.05) is 12.5 Å². The zero-order valence-electron chi connectivity index (χ0n) is 12.7. The minimum atomic E-state index is -2.47. The first-order chi connectivity index (χ1) is 9.92. The molecule has 4 aliphatic rings. The highest BCUT2D eigenvalue weighted by Gasteiger charge is 2.64. The normalized spacial score (nSPS) is 48.1. The topological polar surface area (TPSA) is 17.1 Å². The van der Waals surface area contributed by atoms with E-state index in [4.69, 9.17) is 0 Å². The van der Waals surface area contributed by atoms with E-state index in [9.17, 15) is 13.6 Å². The molecule has 116 valence electrons. The van der Waals surface area contributed by atoms with Crippen molar-refractivity contribution < 1.29 is 13.6 Å². The minimum absolute atomic E-state index is 0.0865. The predicted molar refractivity (Wildman–Crippen MR) is 77.0 cm³/mol. The van der Waals surface area contributed by atoms with Gasteiger partial charge in [-0.05, 0) is 68.3 Å². The van der Waals surface area contributed by atoms with Crippen molar-refractivity contribution in [3.8, 4) is 0 Å². The molecular weight excluding hydrogens is 270 g/mol. The first-order valence-electron chi connectivity index (χ1n) is 8.53. The SMILES string of the molecule is C[C@]12CC[C@H]3[C@@H](CCC4=CC(=O)CC[C@@H]43)[C@@H]1CCC2(F)F. The molecule has 0 heterocycles. The molecule has 0 unspecified atom stereocenters. The molecule has 3 fully saturated rings. The van der Waals surface area contributed by atoms with E-state index in [1.54, 1.807) is 0 Å². The van der Waals surface area contributed by atoms with E-state index in [1.165, 1.54) is 5.57 Å². The van der Waals surface area contributed by atoms with Crippen LogP contribution in [-0.2, 0) is 4.79 Å². The fourth-order valence-corrected chi connectivity index (χ4v) is 6.11. The van der Waals surface area contributed by atoms with E-state index < -0.39 is 11.3 Å². The third-order valence-electron chi connectivity index (χ3n) is 7.29. The van der Waals surface area contributed by atoms with Crippen molar-refractivity contribution >= 4 is 5.78 Å². The van der Waals surface area contributed by atoms with E-state index >= 15 is 0 Å². The molecule has 0 saturated heterocycles. The quantitative estimate of drug-likeness (QED) is 0.629. The van der Waals surface area contributed by atoms with E-state index in [0.717, 1.165) is 25.7 Å². The van der Waals surface area contributed by atoms with Gasteiger partial charge in [-0.15, -0.1) is 0 Å². The number of rotatable bonds is 0. The van der Waals surface area contributed by atoms with Crippen LogP contribution in [0, 0.1) is 29.1 Å². The van der Waals surface area contributed by atoms with Crippen molar-refractivity contribution in [1.29, 1.82) is 0 Å². The lowest BCUT2D eigenvalue weighted by Gasteiger charge is -2.53. The van der Waals surface area contributed by atoms with Gasteiger partial charge >= 0.3 is 0 Å². The molecule has 5 atom stereocenters. The predicted octanol–water partition coefficient (Wildman–Crippen LogP) is 4.76. The van der Waals surface area contributed by atoms with Crippen LogP contribution in [0.5, 0.6) is 0 Å². The van der Waals surface area contributed by atoms with Crippen molar-refractivity contribution in [3.63, 3.8) is 0 Å². The largest absolute Gasteiger partial charge is 0.295 e. The Labute approximate surface area is 125 Å². The molecule has 0 radical (unpaired) electrons. The second-order valence-electron chi connectivity index (χ2n) is 8.00. The first kappa shape index (κ1) is 13.9. The Bertz CT molecular complexity index is 509. The zero-order valence-corrected chi connectivity index (χ0v) is 12.7. The first-order valence-corrected chi connectivity index (χ1v) is 8.53. The summed E-state index contributed by atoms with van der Waals surface area (Å²) in [6, 6.07) is 0. The van der Waals surface area contributed by atoms with Crippen LogP contribution < -0.4 is 0 Å². The Morgan fingerprint density at radius 1 is 1.05 bits per heavy atom. The number of hydrogen-bond donors (Lipinski definition) is 0. The Hall–Kier alpha value is -0.730. The van der Waals surface area contributed by atoms with Crippen LogP contribution in [0.4, 0.5) is 8.78 Å². The van der Waals surface area contributed by atoms with E-state index in [1.807, 2.05) is 13.0 Å². The number of hydrogen-bond acceptors (Lipinski definition) is 1. The monoisotopic (exact) mass is 294 g/mol. The molecule has 0 aromatic heterocycles. The number of fused-ring (bicyclic) bond motifs is 5. The molecule has 0 spiro atoms. The van der Waals surface area contributed by atoms with Crippen molar-refractivity contribution in [2.24, 2.45) is 29.1 Å². The fraction of sp³-hybridized carbons (Fsp3) is 0.833. The molecule has 0 aliphatic heterocycles. The third kappa shape index (κ3) is 1.82. The average Bonchev–Trinajstić information content (AvgIpc) is 2.69. The van der Waals surface area contributed by atoms with Crippen molar-refractivity contribution in [2.45, 2.75) is 64.2 Å². The summed E-state index contributed by atoms with van der Waals surface area (Å²) in [7, 11) is 0. The van der Waals surface area contributed by atoms with Gasteiger partial charge in [-0.2, -0.15) is 0 Å². The summed E-state index contributed by atoms with van der Waals surface area (Å²) in [4.78, 5) is 11.6. The standard InChI is InChI=1S/C18H24F2O/c1-17-8-6-14-13-5-3-12(21)10-11(13)2-4-15(14)16(17)7-9-18(17,19)20/h10,13-16H,2-9H2,1H3/t13-,14+,15+,16-,17-/m0/s1. The van der Waals surface area contributed by atoms with Crippen molar-refractivity contribution in [3.05, 3.63) is 11.6 Å².